The number of aromatic nitrogens is 1. The fourth-order valence-corrected chi connectivity index (χ4v) is 6.85. The number of thiophene rings is 1. The molecule has 3 aliphatic heterocycles. The van der Waals surface area contributed by atoms with Gasteiger partial charge in [-0.05, 0) is 84.3 Å². The van der Waals surface area contributed by atoms with Crippen LogP contribution in [0, 0.1) is 12.8 Å². The van der Waals surface area contributed by atoms with Crippen LogP contribution in [0.5, 0.6) is 0 Å². The average Bonchev–Trinajstić information content (AvgIpc) is 3.48. The number of hydrogen-bond acceptors (Lipinski definition) is 5. The van der Waals surface area contributed by atoms with Gasteiger partial charge in [0.2, 0.25) is 5.91 Å². The van der Waals surface area contributed by atoms with Crippen LogP contribution in [0.3, 0.4) is 0 Å². The summed E-state index contributed by atoms with van der Waals surface area (Å²) in [4.78, 5) is 27.2. The van der Waals surface area contributed by atoms with Crippen LogP contribution in [-0.2, 0) is 11.3 Å². The second-order valence-corrected chi connectivity index (χ2v) is 11.1. The first-order valence-electron chi connectivity index (χ1n) is 12.8. The van der Waals surface area contributed by atoms with E-state index in [4.69, 9.17) is 4.99 Å². The topological polar surface area (TPSA) is 48.8 Å². The number of rotatable bonds is 5. The lowest BCUT2D eigenvalue weighted by atomic mass is 9.92. The highest BCUT2D eigenvalue weighted by molar-refractivity contribution is 7.17. The number of pyridine rings is 1. The van der Waals surface area contributed by atoms with E-state index in [1.807, 2.05) is 30.5 Å². The lowest BCUT2D eigenvalue weighted by Gasteiger charge is -2.34. The molecule has 1 saturated heterocycles. The molecule has 3 aromatic rings. The molecule has 5 nitrogen and oxygen atoms in total. The van der Waals surface area contributed by atoms with Crippen LogP contribution in [0.1, 0.15) is 42.5 Å². The van der Waals surface area contributed by atoms with Gasteiger partial charge >= 0.3 is 0 Å². The number of carbonyl (C=O) groups excluding carboxylic acids is 1. The maximum atomic E-state index is 13.4. The molecule has 1 atom stereocenters. The summed E-state index contributed by atoms with van der Waals surface area (Å²) in [5.74, 6) is 0.748. The zero-order chi connectivity index (χ0) is 23.8. The first kappa shape index (κ1) is 22.6. The Morgan fingerprint density at radius 3 is 3.03 bits per heavy atom. The molecule has 5 heterocycles. The molecule has 0 aliphatic carbocycles. The van der Waals surface area contributed by atoms with Crippen LogP contribution in [0.2, 0.25) is 0 Å². The van der Waals surface area contributed by atoms with E-state index in [1.54, 1.807) is 0 Å². The minimum atomic E-state index is 0.307. The van der Waals surface area contributed by atoms with E-state index in [0.29, 0.717) is 24.8 Å². The summed E-state index contributed by atoms with van der Waals surface area (Å²) in [6, 6.07) is 12.8. The fraction of sp³-hybridized carbons (Fsp3) is 0.414. The Labute approximate surface area is 211 Å². The van der Waals surface area contributed by atoms with Crippen molar-refractivity contribution in [3.05, 3.63) is 75.9 Å². The van der Waals surface area contributed by atoms with E-state index >= 15 is 0 Å². The van der Waals surface area contributed by atoms with Crippen molar-refractivity contribution >= 4 is 33.0 Å². The number of carbonyl (C=O) groups is 1. The Hall–Kier alpha value is -2.83. The molecule has 2 aromatic heterocycles. The Morgan fingerprint density at radius 1 is 1.20 bits per heavy atom. The highest BCUT2D eigenvalue weighted by atomic mass is 32.1. The standard InChI is InChI=1S/C29H32N4OS/c1-20-13-22(8-10-30-20)29-26-18-33(12-9-23(26)15-31-29)28(34)14-21-5-4-11-32(16-21)17-24-19-35-27-7-3-2-6-25(24)27/h2-3,6-8,10,13,19,21H,4-5,9,11-12,14-18H2,1H3/t21-/m0/s1. The van der Waals surface area contributed by atoms with Gasteiger partial charge in [0, 0.05) is 54.8 Å². The summed E-state index contributed by atoms with van der Waals surface area (Å²) in [7, 11) is 0. The largest absolute Gasteiger partial charge is 0.338 e. The van der Waals surface area contributed by atoms with Gasteiger partial charge in [0.15, 0.2) is 0 Å². The molecule has 6 heteroatoms. The smallest absolute Gasteiger partial charge is 0.223 e. The fourth-order valence-electron chi connectivity index (χ4n) is 5.89. The van der Waals surface area contributed by atoms with Crippen LogP contribution >= 0.6 is 11.3 Å². The molecule has 0 unspecified atom stereocenters. The lowest BCUT2D eigenvalue weighted by molar-refractivity contribution is -0.132. The van der Waals surface area contributed by atoms with Gasteiger partial charge in [0.1, 0.15) is 0 Å². The van der Waals surface area contributed by atoms with E-state index in [2.05, 4.69) is 50.5 Å². The molecule has 180 valence electrons. The number of fused-ring (bicyclic) bond motifs is 1. The van der Waals surface area contributed by atoms with Crippen molar-refractivity contribution in [2.24, 2.45) is 10.9 Å². The number of nitrogens with zero attached hydrogens (tertiary/aromatic N) is 4. The Bertz CT molecular complexity index is 1320. The molecule has 1 fully saturated rings. The highest BCUT2D eigenvalue weighted by Gasteiger charge is 2.31. The molecule has 0 saturated carbocycles. The summed E-state index contributed by atoms with van der Waals surface area (Å²) in [6.07, 6.45) is 5.78. The SMILES string of the molecule is Cc1cc(C2=NCC3=C2CN(C(=O)C[C@@H]2CCCN(Cc4csc5ccccc45)C2)CC3)ccn1. The lowest BCUT2D eigenvalue weighted by Crippen LogP contribution is -2.41. The van der Waals surface area contributed by atoms with Crippen molar-refractivity contribution in [3.63, 3.8) is 0 Å². The number of likely N-dealkylation sites (tertiary alicyclic amines) is 1. The second-order valence-electron chi connectivity index (χ2n) is 10.2. The number of piperidine rings is 1. The number of benzene rings is 1. The van der Waals surface area contributed by atoms with Crippen LogP contribution in [-0.4, -0.2) is 59.1 Å². The molecule has 0 N–H and O–H groups in total. The molecule has 1 aromatic carbocycles. The van der Waals surface area contributed by atoms with E-state index in [0.717, 1.165) is 62.5 Å². The minimum absolute atomic E-state index is 0.307. The van der Waals surface area contributed by atoms with Gasteiger partial charge < -0.3 is 4.90 Å². The molecule has 1 amide bonds. The van der Waals surface area contributed by atoms with Crippen molar-refractivity contribution in [2.45, 2.75) is 39.2 Å². The average molecular weight is 485 g/mol. The van der Waals surface area contributed by atoms with Gasteiger partial charge in [0.05, 0.1) is 12.3 Å². The van der Waals surface area contributed by atoms with Crippen molar-refractivity contribution in [2.75, 3.05) is 32.7 Å². The van der Waals surface area contributed by atoms with Crippen molar-refractivity contribution in [1.29, 1.82) is 0 Å². The van der Waals surface area contributed by atoms with Gasteiger partial charge in [-0.3, -0.25) is 19.7 Å². The van der Waals surface area contributed by atoms with Crippen molar-refractivity contribution in [1.82, 2.24) is 14.8 Å². The maximum Gasteiger partial charge on any atom is 0.223 e. The van der Waals surface area contributed by atoms with E-state index < -0.39 is 0 Å². The third-order valence-corrected chi connectivity index (χ3v) is 8.73. The van der Waals surface area contributed by atoms with Crippen LogP contribution in [0.4, 0.5) is 0 Å². The number of amides is 1. The Balaban J connectivity index is 1.08. The zero-order valence-electron chi connectivity index (χ0n) is 20.4. The quantitative estimate of drug-likeness (QED) is 0.498. The van der Waals surface area contributed by atoms with Crippen molar-refractivity contribution in [3.8, 4) is 0 Å². The predicted molar refractivity (Wildman–Crippen MR) is 143 cm³/mol. The first-order valence-corrected chi connectivity index (χ1v) is 13.7. The highest BCUT2D eigenvalue weighted by Crippen LogP contribution is 2.31. The number of aliphatic imine (C=N–C) groups is 1. The monoisotopic (exact) mass is 484 g/mol. The molecule has 0 spiro atoms. The van der Waals surface area contributed by atoms with Gasteiger partial charge in [-0.1, -0.05) is 18.2 Å². The third kappa shape index (κ3) is 4.69. The molecule has 6 rings (SSSR count). The summed E-state index contributed by atoms with van der Waals surface area (Å²) in [6.45, 7) is 7.45. The summed E-state index contributed by atoms with van der Waals surface area (Å²) < 4.78 is 1.36. The Kier molecular flexibility index (Phi) is 6.25. The van der Waals surface area contributed by atoms with E-state index in [-0.39, 0.29) is 0 Å². The predicted octanol–water partition coefficient (Wildman–Crippen LogP) is 5.24. The maximum absolute atomic E-state index is 13.4. The van der Waals surface area contributed by atoms with Gasteiger partial charge in [-0.15, -0.1) is 11.3 Å². The molecular formula is C29H32N4OS. The molecule has 0 bridgehead atoms. The van der Waals surface area contributed by atoms with E-state index in [9.17, 15) is 4.79 Å². The van der Waals surface area contributed by atoms with Crippen LogP contribution in [0.25, 0.3) is 10.1 Å². The summed E-state index contributed by atoms with van der Waals surface area (Å²) >= 11 is 1.83. The summed E-state index contributed by atoms with van der Waals surface area (Å²) in [5.41, 5.74) is 7.29. The molecule has 35 heavy (non-hydrogen) atoms. The second kappa shape index (κ2) is 9.67. The van der Waals surface area contributed by atoms with Crippen LogP contribution < -0.4 is 0 Å². The van der Waals surface area contributed by atoms with Crippen LogP contribution in [0.15, 0.2) is 64.1 Å². The van der Waals surface area contributed by atoms with Gasteiger partial charge in [0.25, 0.3) is 0 Å². The minimum Gasteiger partial charge on any atom is -0.338 e. The molecular weight excluding hydrogens is 452 g/mol. The zero-order valence-corrected chi connectivity index (χ0v) is 21.2. The number of aryl methyl sites for hydroxylation is 1. The van der Waals surface area contributed by atoms with Gasteiger partial charge in [-0.2, -0.15) is 0 Å². The van der Waals surface area contributed by atoms with E-state index in [1.165, 1.54) is 33.2 Å². The van der Waals surface area contributed by atoms with Crippen molar-refractivity contribution < 1.29 is 4.79 Å². The number of hydrogen-bond donors (Lipinski definition) is 0. The first-order chi connectivity index (χ1) is 17.1. The Morgan fingerprint density at radius 2 is 2.11 bits per heavy atom. The molecule has 0 radical (unpaired) electrons. The summed E-state index contributed by atoms with van der Waals surface area (Å²) in [5, 5.41) is 3.69. The normalized spacial score (nSPS) is 20.9. The molecule has 3 aliphatic rings. The third-order valence-electron chi connectivity index (χ3n) is 7.72. The van der Waals surface area contributed by atoms with Gasteiger partial charge in [-0.25, -0.2) is 0 Å².